The average molecular weight is 238 g/mol. The molecule has 0 aromatic heterocycles. The van der Waals surface area contributed by atoms with E-state index in [1.54, 1.807) is 0 Å². The van der Waals surface area contributed by atoms with E-state index >= 15 is 0 Å². The molecule has 0 aliphatic heterocycles. The fourth-order valence-corrected chi connectivity index (χ4v) is 3.57. The Morgan fingerprint density at radius 2 is 1.88 bits per heavy atom. The minimum Gasteiger partial charge on any atom is -0.319 e. The normalized spacial score (nSPS) is 23.8. The van der Waals surface area contributed by atoms with Crippen molar-refractivity contribution in [3.63, 3.8) is 0 Å². The predicted octanol–water partition coefficient (Wildman–Crippen LogP) is 2.89. The van der Waals surface area contributed by atoms with Gasteiger partial charge in [0.25, 0.3) is 0 Å². The van der Waals surface area contributed by atoms with Crippen LogP contribution in [0.3, 0.4) is 0 Å². The molecule has 2 aliphatic carbocycles. The third kappa shape index (κ3) is 3.69. The first-order chi connectivity index (χ1) is 8.15. The molecule has 0 radical (unpaired) electrons. The zero-order valence-electron chi connectivity index (χ0n) is 12.0. The van der Waals surface area contributed by atoms with Crippen LogP contribution in [0.4, 0.5) is 0 Å². The van der Waals surface area contributed by atoms with Crippen LogP contribution in [0, 0.1) is 11.3 Å². The van der Waals surface area contributed by atoms with Crippen LogP contribution in [0.1, 0.15) is 52.4 Å². The molecule has 17 heavy (non-hydrogen) atoms. The molecule has 0 aromatic carbocycles. The van der Waals surface area contributed by atoms with Gasteiger partial charge >= 0.3 is 0 Å². The molecule has 2 fully saturated rings. The molecule has 0 aromatic rings. The van der Waals surface area contributed by atoms with Crippen molar-refractivity contribution in [3.05, 3.63) is 0 Å². The molecule has 2 aliphatic rings. The fourth-order valence-electron chi connectivity index (χ4n) is 3.57. The second kappa shape index (κ2) is 5.71. The van der Waals surface area contributed by atoms with Crippen molar-refractivity contribution in [1.82, 2.24) is 10.2 Å². The second-order valence-corrected chi connectivity index (χ2v) is 6.79. The Labute approximate surface area is 107 Å². The molecular weight excluding hydrogens is 208 g/mol. The number of rotatable bonds is 7. The molecule has 2 rings (SSSR count). The molecule has 2 heteroatoms. The number of hydrogen-bond donors (Lipinski definition) is 1. The molecule has 0 atom stereocenters. The van der Waals surface area contributed by atoms with Crippen LogP contribution in [0.15, 0.2) is 0 Å². The van der Waals surface area contributed by atoms with Gasteiger partial charge in [0, 0.05) is 25.7 Å². The van der Waals surface area contributed by atoms with Crippen molar-refractivity contribution in [2.75, 3.05) is 26.7 Å². The van der Waals surface area contributed by atoms with Crippen LogP contribution in [0.5, 0.6) is 0 Å². The predicted molar refractivity (Wildman–Crippen MR) is 74.3 cm³/mol. The van der Waals surface area contributed by atoms with Gasteiger partial charge in [-0.25, -0.2) is 0 Å². The van der Waals surface area contributed by atoms with Crippen molar-refractivity contribution in [1.29, 1.82) is 0 Å². The number of hydrogen-bond acceptors (Lipinski definition) is 2. The van der Waals surface area contributed by atoms with Crippen LogP contribution in [-0.4, -0.2) is 37.6 Å². The van der Waals surface area contributed by atoms with E-state index in [1.165, 1.54) is 58.2 Å². The third-order valence-corrected chi connectivity index (χ3v) is 4.42. The van der Waals surface area contributed by atoms with Gasteiger partial charge in [-0.1, -0.05) is 26.7 Å². The van der Waals surface area contributed by atoms with Crippen LogP contribution in [-0.2, 0) is 0 Å². The van der Waals surface area contributed by atoms with E-state index in [2.05, 4.69) is 31.1 Å². The molecule has 0 heterocycles. The van der Waals surface area contributed by atoms with Gasteiger partial charge in [-0.2, -0.15) is 0 Å². The summed E-state index contributed by atoms with van der Waals surface area (Å²) in [5.74, 6) is 0.809. The number of nitrogens with zero attached hydrogens (tertiary/aromatic N) is 1. The lowest BCUT2D eigenvalue weighted by Crippen LogP contribution is -2.44. The minimum atomic E-state index is 0.590. The number of nitrogens with one attached hydrogen (secondary N) is 1. The van der Waals surface area contributed by atoms with E-state index in [0.717, 1.165) is 12.0 Å². The standard InChI is InChI=1S/C15H30N2/c1-13(2)10-17(14-6-7-14)12-15(11-16-3)8-4-5-9-15/h13-14,16H,4-12H2,1-3H3. The van der Waals surface area contributed by atoms with E-state index in [-0.39, 0.29) is 0 Å². The van der Waals surface area contributed by atoms with E-state index in [1.807, 2.05) is 0 Å². The van der Waals surface area contributed by atoms with E-state index in [0.29, 0.717) is 5.41 Å². The Morgan fingerprint density at radius 3 is 2.35 bits per heavy atom. The summed E-state index contributed by atoms with van der Waals surface area (Å²) in [6.45, 7) is 8.57. The average Bonchev–Trinajstić information content (AvgIpc) is 3.01. The summed E-state index contributed by atoms with van der Waals surface area (Å²) in [4.78, 5) is 2.80. The van der Waals surface area contributed by atoms with Crippen LogP contribution >= 0.6 is 0 Å². The Kier molecular flexibility index (Phi) is 4.48. The van der Waals surface area contributed by atoms with E-state index in [4.69, 9.17) is 0 Å². The largest absolute Gasteiger partial charge is 0.319 e. The zero-order chi connectivity index (χ0) is 12.3. The van der Waals surface area contributed by atoms with Crippen molar-refractivity contribution < 1.29 is 0 Å². The van der Waals surface area contributed by atoms with Gasteiger partial charge in [-0.3, -0.25) is 4.90 Å². The lowest BCUT2D eigenvalue weighted by atomic mass is 9.85. The Hall–Kier alpha value is -0.0800. The van der Waals surface area contributed by atoms with Crippen LogP contribution in [0.2, 0.25) is 0 Å². The summed E-state index contributed by atoms with van der Waals surface area (Å²) in [6.07, 6.45) is 8.67. The Balaban J connectivity index is 1.94. The highest BCUT2D eigenvalue weighted by Crippen LogP contribution is 2.40. The van der Waals surface area contributed by atoms with Crippen LogP contribution < -0.4 is 5.32 Å². The molecule has 100 valence electrons. The second-order valence-electron chi connectivity index (χ2n) is 6.79. The molecule has 2 nitrogen and oxygen atoms in total. The summed E-state index contributed by atoms with van der Waals surface area (Å²) in [7, 11) is 2.12. The topological polar surface area (TPSA) is 15.3 Å². The minimum absolute atomic E-state index is 0.590. The zero-order valence-corrected chi connectivity index (χ0v) is 12.0. The molecule has 0 amide bonds. The van der Waals surface area contributed by atoms with Gasteiger partial charge in [0.1, 0.15) is 0 Å². The fraction of sp³-hybridized carbons (Fsp3) is 1.00. The van der Waals surface area contributed by atoms with Crippen LogP contribution in [0.25, 0.3) is 0 Å². The molecule has 2 saturated carbocycles. The highest BCUT2D eigenvalue weighted by Gasteiger charge is 2.39. The van der Waals surface area contributed by atoms with Crippen molar-refractivity contribution >= 4 is 0 Å². The van der Waals surface area contributed by atoms with Gasteiger partial charge in [-0.15, -0.1) is 0 Å². The molecule has 0 bridgehead atoms. The highest BCUT2D eigenvalue weighted by atomic mass is 15.2. The molecular formula is C15H30N2. The van der Waals surface area contributed by atoms with Crippen molar-refractivity contribution in [3.8, 4) is 0 Å². The summed E-state index contributed by atoms with van der Waals surface area (Å²) < 4.78 is 0. The molecule has 0 unspecified atom stereocenters. The first kappa shape index (κ1) is 13.4. The van der Waals surface area contributed by atoms with Gasteiger partial charge in [0.2, 0.25) is 0 Å². The van der Waals surface area contributed by atoms with Crippen molar-refractivity contribution in [2.24, 2.45) is 11.3 Å². The SMILES string of the molecule is CNCC1(CN(CC(C)C)C2CC2)CCCC1. The first-order valence-corrected chi connectivity index (χ1v) is 7.54. The van der Waals surface area contributed by atoms with Gasteiger partial charge in [-0.05, 0) is 44.1 Å². The smallest absolute Gasteiger partial charge is 0.00967 e. The van der Waals surface area contributed by atoms with Crippen molar-refractivity contribution in [2.45, 2.75) is 58.4 Å². The summed E-state index contributed by atoms with van der Waals surface area (Å²) >= 11 is 0. The quantitative estimate of drug-likeness (QED) is 0.733. The van der Waals surface area contributed by atoms with Gasteiger partial charge < -0.3 is 5.32 Å². The summed E-state index contributed by atoms with van der Waals surface area (Å²) in [5, 5.41) is 3.44. The van der Waals surface area contributed by atoms with Gasteiger partial charge in [0.05, 0.1) is 0 Å². The maximum absolute atomic E-state index is 3.44. The third-order valence-electron chi connectivity index (χ3n) is 4.42. The first-order valence-electron chi connectivity index (χ1n) is 7.54. The maximum Gasteiger partial charge on any atom is 0.00967 e. The van der Waals surface area contributed by atoms with E-state index in [9.17, 15) is 0 Å². The lowest BCUT2D eigenvalue weighted by molar-refractivity contribution is 0.131. The molecule has 0 saturated heterocycles. The monoisotopic (exact) mass is 238 g/mol. The highest BCUT2D eigenvalue weighted by molar-refractivity contribution is 4.94. The molecule has 0 spiro atoms. The lowest BCUT2D eigenvalue weighted by Gasteiger charge is -2.36. The maximum atomic E-state index is 3.44. The Morgan fingerprint density at radius 1 is 1.24 bits per heavy atom. The van der Waals surface area contributed by atoms with Gasteiger partial charge in [0.15, 0.2) is 0 Å². The Bertz CT molecular complexity index is 227. The van der Waals surface area contributed by atoms with E-state index < -0.39 is 0 Å². The molecule has 1 N–H and O–H groups in total. The summed E-state index contributed by atoms with van der Waals surface area (Å²) in [6, 6.07) is 0.923. The summed E-state index contributed by atoms with van der Waals surface area (Å²) in [5.41, 5.74) is 0.590.